The third-order valence-corrected chi connectivity index (χ3v) is 2.40. The summed E-state index contributed by atoms with van der Waals surface area (Å²) in [4.78, 5) is 19.8. The molecule has 2 aromatic rings. The third kappa shape index (κ3) is 1.72. The number of nitrogens with one attached hydrogen (secondary N) is 1. The summed E-state index contributed by atoms with van der Waals surface area (Å²) in [7, 11) is 0. The lowest BCUT2D eigenvalue weighted by atomic mass is 10.1. The summed E-state index contributed by atoms with van der Waals surface area (Å²) in [5.74, 6) is 4.73. The smallest absolute Gasteiger partial charge is 0.284 e. The van der Waals surface area contributed by atoms with Gasteiger partial charge in [-0.15, -0.1) is 0 Å². The third-order valence-electron chi connectivity index (χ3n) is 2.40. The van der Waals surface area contributed by atoms with E-state index in [2.05, 4.69) is 15.4 Å². The molecule has 16 heavy (non-hydrogen) atoms. The Morgan fingerprint density at radius 2 is 2.38 bits per heavy atom. The van der Waals surface area contributed by atoms with Crippen molar-refractivity contribution in [2.24, 2.45) is 5.84 Å². The molecule has 0 radical (unpaired) electrons. The van der Waals surface area contributed by atoms with Gasteiger partial charge in [-0.1, -0.05) is 6.92 Å². The van der Waals surface area contributed by atoms with Crippen LogP contribution in [-0.4, -0.2) is 15.9 Å². The number of hydrogen-bond donors (Lipinski definition) is 2. The molecule has 2 aromatic heterocycles. The van der Waals surface area contributed by atoms with Crippen molar-refractivity contribution in [3.8, 4) is 0 Å². The Morgan fingerprint density at radius 3 is 3.06 bits per heavy atom. The highest BCUT2D eigenvalue weighted by atomic mass is 16.2. The highest BCUT2D eigenvalue weighted by molar-refractivity contribution is 5.95. The average Bonchev–Trinajstić information content (AvgIpc) is 2.36. The van der Waals surface area contributed by atoms with Crippen LogP contribution in [-0.2, 0) is 6.42 Å². The van der Waals surface area contributed by atoms with E-state index in [1.165, 1.54) is 0 Å². The Balaban J connectivity index is 2.67. The van der Waals surface area contributed by atoms with Crippen molar-refractivity contribution in [2.75, 3.05) is 0 Å². The van der Waals surface area contributed by atoms with Gasteiger partial charge in [0.2, 0.25) is 0 Å². The molecule has 1 amide bonds. The zero-order chi connectivity index (χ0) is 11.5. The molecule has 0 spiro atoms. The van der Waals surface area contributed by atoms with E-state index >= 15 is 0 Å². The zero-order valence-corrected chi connectivity index (χ0v) is 8.90. The largest absolute Gasteiger partial charge is 0.289 e. The number of aromatic nitrogens is 2. The molecule has 0 aliphatic rings. The molecule has 0 unspecified atom stereocenters. The van der Waals surface area contributed by atoms with Gasteiger partial charge >= 0.3 is 0 Å². The van der Waals surface area contributed by atoms with Gasteiger partial charge in [0.25, 0.3) is 5.91 Å². The lowest BCUT2D eigenvalue weighted by molar-refractivity contribution is 0.0948. The number of fused-ring (bicyclic) bond motifs is 1. The molecule has 0 aromatic carbocycles. The zero-order valence-electron chi connectivity index (χ0n) is 8.90. The fraction of sp³-hybridized carbons (Fsp3) is 0.182. The van der Waals surface area contributed by atoms with E-state index in [1.807, 2.05) is 25.1 Å². The lowest BCUT2D eigenvalue weighted by Gasteiger charge is -2.06. The van der Waals surface area contributed by atoms with Gasteiger partial charge in [0.05, 0.1) is 0 Å². The summed E-state index contributed by atoms with van der Waals surface area (Å²) < 4.78 is 0. The van der Waals surface area contributed by atoms with E-state index in [9.17, 15) is 4.79 Å². The lowest BCUT2D eigenvalue weighted by Crippen LogP contribution is -2.31. The van der Waals surface area contributed by atoms with Crippen LogP contribution in [0.1, 0.15) is 23.0 Å². The van der Waals surface area contributed by atoms with Crippen LogP contribution in [0, 0.1) is 0 Å². The fourth-order valence-corrected chi connectivity index (χ4v) is 1.58. The topological polar surface area (TPSA) is 80.9 Å². The molecule has 2 heterocycles. The van der Waals surface area contributed by atoms with Gasteiger partial charge in [0.1, 0.15) is 5.69 Å². The Labute approximate surface area is 92.7 Å². The first kappa shape index (κ1) is 10.5. The quantitative estimate of drug-likeness (QED) is 0.442. The van der Waals surface area contributed by atoms with Crippen LogP contribution >= 0.6 is 0 Å². The highest BCUT2D eigenvalue weighted by Gasteiger charge is 2.12. The van der Waals surface area contributed by atoms with E-state index in [4.69, 9.17) is 5.84 Å². The molecule has 0 atom stereocenters. The summed E-state index contributed by atoms with van der Waals surface area (Å²) in [6.45, 7) is 1.96. The minimum Gasteiger partial charge on any atom is -0.289 e. The van der Waals surface area contributed by atoms with E-state index in [1.54, 1.807) is 6.20 Å². The maximum Gasteiger partial charge on any atom is 0.284 e. The standard InChI is InChI=1S/C11H12N4O/c1-2-7-6-8-4-3-5-13-10(8)14-9(7)11(16)15-12/h3-6H,2,12H2,1H3,(H,15,16). The molecule has 2 rings (SSSR count). The fourth-order valence-electron chi connectivity index (χ4n) is 1.58. The van der Waals surface area contributed by atoms with Gasteiger partial charge in [-0.3, -0.25) is 10.2 Å². The number of hydrazine groups is 1. The maximum atomic E-state index is 11.5. The van der Waals surface area contributed by atoms with Crippen LogP contribution in [0.3, 0.4) is 0 Å². The monoisotopic (exact) mass is 216 g/mol. The molecule has 0 bridgehead atoms. The van der Waals surface area contributed by atoms with Gasteiger partial charge < -0.3 is 0 Å². The molecule has 0 aliphatic carbocycles. The summed E-state index contributed by atoms with van der Waals surface area (Å²) in [6, 6.07) is 5.67. The molecule has 3 N–H and O–H groups in total. The Bertz CT molecular complexity index is 538. The van der Waals surface area contributed by atoms with E-state index in [0.29, 0.717) is 11.3 Å². The van der Waals surface area contributed by atoms with Crippen LogP contribution < -0.4 is 11.3 Å². The van der Waals surface area contributed by atoms with Crippen LogP contribution in [0.4, 0.5) is 0 Å². The molecule has 0 saturated heterocycles. The normalized spacial score (nSPS) is 10.4. The Hall–Kier alpha value is -2.01. The van der Waals surface area contributed by atoms with Crippen LogP contribution in [0.15, 0.2) is 24.4 Å². The van der Waals surface area contributed by atoms with Gasteiger partial charge in [-0.2, -0.15) is 0 Å². The molecule has 0 fully saturated rings. The first-order chi connectivity index (χ1) is 7.76. The second-order valence-electron chi connectivity index (χ2n) is 3.37. The van der Waals surface area contributed by atoms with Gasteiger partial charge in [-0.25, -0.2) is 15.8 Å². The van der Waals surface area contributed by atoms with Crippen molar-refractivity contribution in [3.05, 3.63) is 35.7 Å². The summed E-state index contributed by atoms with van der Waals surface area (Å²) in [5, 5.41) is 0.924. The minimum absolute atomic E-state index is 0.344. The number of carbonyl (C=O) groups excluding carboxylic acids is 1. The van der Waals surface area contributed by atoms with Crippen molar-refractivity contribution in [1.29, 1.82) is 0 Å². The molecular formula is C11H12N4O. The predicted molar refractivity (Wildman–Crippen MR) is 60.6 cm³/mol. The molecule has 82 valence electrons. The molecular weight excluding hydrogens is 204 g/mol. The van der Waals surface area contributed by atoms with Gasteiger partial charge in [0, 0.05) is 11.6 Å². The Morgan fingerprint density at radius 1 is 1.56 bits per heavy atom. The molecule has 0 aliphatic heterocycles. The molecule has 5 heteroatoms. The number of aryl methyl sites for hydroxylation is 1. The van der Waals surface area contributed by atoms with Gasteiger partial charge in [-0.05, 0) is 30.2 Å². The van der Waals surface area contributed by atoms with Crippen LogP contribution in [0.25, 0.3) is 11.0 Å². The van der Waals surface area contributed by atoms with E-state index in [-0.39, 0.29) is 5.91 Å². The summed E-state index contributed by atoms with van der Waals surface area (Å²) in [5.41, 5.74) is 3.85. The summed E-state index contributed by atoms with van der Waals surface area (Å²) >= 11 is 0. The number of pyridine rings is 2. The number of rotatable bonds is 2. The van der Waals surface area contributed by atoms with Crippen LogP contribution in [0.2, 0.25) is 0 Å². The highest BCUT2D eigenvalue weighted by Crippen LogP contribution is 2.15. The van der Waals surface area contributed by atoms with Crippen molar-refractivity contribution in [1.82, 2.24) is 15.4 Å². The Kier molecular flexibility index (Phi) is 2.78. The second-order valence-corrected chi connectivity index (χ2v) is 3.37. The second kappa shape index (κ2) is 4.24. The SMILES string of the molecule is CCc1cc2cccnc2nc1C(=O)NN. The predicted octanol–water partition coefficient (Wildman–Crippen LogP) is 0.796. The average molecular weight is 216 g/mol. The van der Waals surface area contributed by atoms with Crippen molar-refractivity contribution >= 4 is 16.9 Å². The van der Waals surface area contributed by atoms with E-state index in [0.717, 1.165) is 17.4 Å². The molecule has 0 saturated carbocycles. The minimum atomic E-state index is -0.385. The number of amides is 1. The number of nitrogen functional groups attached to an aromatic ring is 1. The number of nitrogens with two attached hydrogens (primary N) is 1. The van der Waals surface area contributed by atoms with Crippen LogP contribution in [0.5, 0.6) is 0 Å². The maximum absolute atomic E-state index is 11.5. The summed E-state index contributed by atoms with van der Waals surface area (Å²) in [6.07, 6.45) is 2.37. The number of hydrogen-bond acceptors (Lipinski definition) is 4. The molecule has 5 nitrogen and oxygen atoms in total. The van der Waals surface area contributed by atoms with Crippen molar-refractivity contribution in [3.63, 3.8) is 0 Å². The van der Waals surface area contributed by atoms with Crippen molar-refractivity contribution < 1.29 is 4.79 Å². The number of nitrogens with zero attached hydrogens (tertiary/aromatic N) is 2. The number of carbonyl (C=O) groups is 1. The van der Waals surface area contributed by atoms with E-state index < -0.39 is 0 Å². The van der Waals surface area contributed by atoms with Crippen molar-refractivity contribution in [2.45, 2.75) is 13.3 Å². The van der Waals surface area contributed by atoms with Gasteiger partial charge in [0.15, 0.2) is 5.65 Å². The first-order valence-electron chi connectivity index (χ1n) is 5.02. The first-order valence-corrected chi connectivity index (χ1v) is 5.02.